The number of rotatable bonds is 6. The van der Waals surface area contributed by atoms with E-state index in [4.69, 9.17) is 27.9 Å². The van der Waals surface area contributed by atoms with E-state index in [1.807, 2.05) is 6.92 Å². The van der Waals surface area contributed by atoms with Crippen LogP contribution in [0.1, 0.15) is 23.7 Å². The first-order valence-electron chi connectivity index (χ1n) is 5.82. The SMILES string of the molecule is CCCN(CCCl)C(=O)c1ccc(Cl)cc1OC. The first-order chi connectivity index (χ1) is 8.63. The fraction of sp³-hybridized carbons (Fsp3) is 0.462. The lowest BCUT2D eigenvalue weighted by atomic mass is 10.1. The second-order valence-corrected chi connectivity index (χ2v) is 4.64. The molecule has 1 aromatic rings. The molecular formula is C13H17Cl2NO2. The number of nitrogens with zero attached hydrogens (tertiary/aromatic N) is 1. The van der Waals surface area contributed by atoms with E-state index >= 15 is 0 Å². The first-order valence-corrected chi connectivity index (χ1v) is 6.74. The second-order valence-electron chi connectivity index (χ2n) is 3.83. The molecule has 0 unspecified atom stereocenters. The molecule has 0 atom stereocenters. The standard InChI is InChI=1S/C13H17Cl2NO2/c1-3-7-16(8-6-14)13(17)11-5-4-10(15)9-12(11)18-2/h4-5,9H,3,6-8H2,1-2H3. The molecule has 0 saturated carbocycles. The van der Waals surface area contributed by atoms with Crippen molar-refractivity contribution >= 4 is 29.1 Å². The maximum absolute atomic E-state index is 12.4. The van der Waals surface area contributed by atoms with Gasteiger partial charge in [-0.3, -0.25) is 4.79 Å². The van der Waals surface area contributed by atoms with E-state index in [1.54, 1.807) is 23.1 Å². The summed E-state index contributed by atoms with van der Waals surface area (Å²) < 4.78 is 5.19. The highest BCUT2D eigenvalue weighted by Crippen LogP contribution is 2.24. The second kappa shape index (κ2) is 7.49. The van der Waals surface area contributed by atoms with E-state index in [0.29, 0.717) is 35.3 Å². The van der Waals surface area contributed by atoms with Gasteiger partial charge in [0, 0.05) is 24.0 Å². The summed E-state index contributed by atoms with van der Waals surface area (Å²) >= 11 is 11.6. The van der Waals surface area contributed by atoms with Crippen LogP contribution >= 0.6 is 23.2 Å². The van der Waals surface area contributed by atoms with E-state index in [2.05, 4.69) is 0 Å². The third-order valence-corrected chi connectivity index (χ3v) is 2.93. The van der Waals surface area contributed by atoms with Crippen LogP contribution in [0.2, 0.25) is 5.02 Å². The molecule has 100 valence electrons. The molecule has 0 fully saturated rings. The number of hydrogen-bond donors (Lipinski definition) is 0. The average molecular weight is 290 g/mol. The van der Waals surface area contributed by atoms with Crippen molar-refractivity contribution < 1.29 is 9.53 Å². The number of hydrogen-bond acceptors (Lipinski definition) is 2. The van der Waals surface area contributed by atoms with Gasteiger partial charge in [-0.25, -0.2) is 0 Å². The molecule has 0 heterocycles. The van der Waals surface area contributed by atoms with E-state index in [-0.39, 0.29) is 5.91 Å². The van der Waals surface area contributed by atoms with E-state index < -0.39 is 0 Å². The maximum atomic E-state index is 12.4. The Morgan fingerprint density at radius 1 is 1.39 bits per heavy atom. The number of alkyl halides is 1. The zero-order valence-corrected chi connectivity index (χ0v) is 12.1. The molecule has 1 aromatic carbocycles. The van der Waals surface area contributed by atoms with Gasteiger partial charge in [-0.1, -0.05) is 18.5 Å². The number of ether oxygens (including phenoxy) is 1. The number of methoxy groups -OCH3 is 1. The summed E-state index contributed by atoms with van der Waals surface area (Å²) in [5, 5.41) is 0.544. The number of halogens is 2. The molecule has 0 aliphatic rings. The zero-order chi connectivity index (χ0) is 13.5. The highest BCUT2D eigenvalue weighted by atomic mass is 35.5. The average Bonchev–Trinajstić information content (AvgIpc) is 2.37. The summed E-state index contributed by atoms with van der Waals surface area (Å²) in [5.74, 6) is 0.830. The third kappa shape index (κ3) is 3.79. The van der Waals surface area contributed by atoms with E-state index in [1.165, 1.54) is 7.11 Å². The van der Waals surface area contributed by atoms with Crippen LogP contribution in [0.5, 0.6) is 5.75 Å². The van der Waals surface area contributed by atoms with Gasteiger partial charge in [0.05, 0.1) is 12.7 Å². The summed E-state index contributed by atoms with van der Waals surface area (Å²) in [6.45, 7) is 3.23. The summed E-state index contributed by atoms with van der Waals surface area (Å²) in [6, 6.07) is 5.00. The molecule has 0 saturated heterocycles. The molecule has 18 heavy (non-hydrogen) atoms. The predicted molar refractivity (Wildman–Crippen MR) is 74.9 cm³/mol. The fourth-order valence-electron chi connectivity index (χ4n) is 1.70. The molecule has 1 rings (SSSR count). The molecule has 1 amide bonds. The molecule has 5 heteroatoms. The van der Waals surface area contributed by atoms with E-state index in [0.717, 1.165) is 6.42 Å². The van der Waals surface area contributed by atoms with Crippen LogP contribution in [0.25, 0.3) is 0 Å². The van der Waals surface area contributed by atoms with Gasteiger partial charge in [0.1, 0.15) is 5.75 Å². The third-order valence-electron chi connectivity index (χ3n) is 2.53. The van der Waals surface area contributed by atoms with Gasteiger partial charge in [0.15, 0.2) is 0 Å². The minimum Gasteiger partial charge on any atom is -0.496 e. The van der Waals surface area contributed by atoms with Crippen molar-refractivity contribution in [1.82, 2.24) is 4.90 Å². The minimum absolute atomic E-state index is 0.0778. The van der Waals surface area contributed by atoms with Crippen LogP contribution in [0, 0.1) is 0 Å². The number of carbonyl (C=O) groups is 1. The topological polar surface area (TPSA) is 29.5 Å². The van der Waals surface area contributed by atoms with Crippen molar-refractivity contribution in [2.45, 2.75) is 13.3 Å². The minimum atomic E-state index is -0.0778. The summed E-state index contributed by atoms with van der Waals surface area (Å²) in [7, 11) is 1.52. The van der Waals surface area contributed by atoms with Gasteiger partial charge >= 0.3 is 0 Å². The van der Waals surface area contributed by atoms with Gasteiger partial charge < -0.3 is 9.64 Å². The Kier molecular flexibility index (Phi) is 6.30. The quantitative estimate of drug-likeness (QED) is 0.751. The molecule has 0 aromatic heterocycles. The molecule has 0 spiro atoms. The highest BCUT2D eigenvalue weighted by Gasteiger charge is 2.18. The van der Waals surface area contributed by atoms with Crippen LogP contribution in [-0.4, -0.2) is 36.9 Å². The molecule has 0 N–H and O–H groups in total. The van der Waals surface area contributed by atoms with Gasteiger partial charge in [-0.2, -0.15) is 0 Å². The zero-order valence-electron chi connectivity index (χ0n) is 10.6. The molecule has 0 bridgehead atoms. The molecular weight excluding hydrogens is 273 g/mol. The van der Waals surface area contributed by atoms with Crippen molar-refractivity contribution in [3.8, 4) is 5.75 Å². The van der Waals surface area contributed by atoms with Crippen molar-refractivity contribution in [2.24, 2.45) is 0 Å². The van der Waals surface area contributed by atoms with Gasteiger partial charge in [0.25, 0.3) is 5.91 Å². The van der Waals surface area contributed by atoms with Crippen molar-refractivity contribution in [3.05, 3.63) is 28.8 Å². The Labute approximate surface area is 118 Å². The van der Waals surface area contributed by atoms with Crippen LogP contribution in [-0.2, 0) is 0 Å². The smallest absolute Gasteiger partial charge is 0.257 e. The van der Waals surface area contributed by atoms with Crippen molar-refractivity contribution in [1.29, 1.82) is 0 Å². The summed E-state index contributed by atoms with van der Waals surface area (Å²) in [6.07, 6.45) is 0.887. The van der Waals surface area contributed by atoms with Crippen LogP contribution in [0.3, 0.4) is 0 Å². The summed E-state index contributed by atoms with van der Waals surface area (Å²) in [5.41, 5.74) is 0.514. The monoisotopic (exact) mass is 289 g/mol. The maximum Gasteiger partial charge on any atom is 0.257 e. The number of carbonyl (C=O) groups excluding carboxylic acids is 1. The van der Waals surface area contributed by atoms with Crippen molar-refractivity contribution in [3.63, 3.8) is 0 Å². The Morgan fingerprint density at radius 3 is 2.67 bits per heavy atom. The largest absolute Gasteiger partial charge is 0.496 e. The molecule has 3 nitrogen and oxygen atoms in total. The Morgan fingerprint density at radius 2 is 2.11 bits per heavy atom. The Balaban J connectivity index is 3.00. The van der Waals surface area contributed by atoms with Gasteiger partial charge in [-0.05, 0) is 24.6 Å². The van der Waals surface area contributed by atoms with E-state index in [9.17, 15) is 4.79 Å². The van der Waals surface area contributed by atoms with Crippen molar-refractivity contribution in [2.75, 3.05) is 26.1 Å². The fourth-order valence-corrected chi connectivity index (χ4v) is 2.07. The number of amides is 1. The lowest BCUT2D eigenvalue weighted by Crippen LogP contribution is -2.33. The van der Waals surface area contributed by atoms with Gasteiger partial charge in [0.2, 0.25) is 0 Å². The number of benzene rings is 1. The molecule has 0 aliphatic carbocycles. The summed E-state index contributed by atoms with van der Waals surface area (Å²) in [4.78, 5) is 14.1. The lowest BCUT2D eigenvalue weighted by Gasteiger charge is -2.22. The van der Waals surface area contributed by atoms with Gasteiger partial charge in [-0.15, -0.1) is 11.6 Å². The lowest BCUT2D eigenvalue weighted by molar-refractivity contribution is 0.0762. The van der Waals surface area contributed by atoms with Crippen LogP contribution in [0.15, 0.2) is 18.2 Å². The first kappa shape index (κ1) is 15.1. The van der Waals surface area contributed by atoms with Crippen LogP contribution in [0.4, 0.5) is 0 Å². The highest BCUT2D eigenvalue weighted by molar-refractivity contribution is 6.30. The molecule has 0 radical (unpaired) electrons. The Hall–Kier alpha value is -0.930. The predicted octanol–water partition coefficient (Wildman–Crippen LogP) is 3.44. The van der Waals surface area contributed by atoms with Crippen LogP contribution < -0.4 is 4.74 Å². The molecule has 0 aliphatic heterocycles. The normalized spacial score (nSPS) is 10.2. The Bertz CT molecular complexity index is 404.